The zero-order chi connectivity index (χ0) is 14.5. The highest BCUT2D eigenvalue weighted by molar-refractivity contribution is 7.09. The molecule has 1 amide bonds. The van der Waals surface area contributed by atoms with E-state index in [1.807, 2.05) is 17.5 Å². The Hall–Kier alpha value is -2.14. The average Bonchev–Trinajstić information content (AvgIpc) is 2.91. The molecule has 0 saturated carbocycles. The van der Waals surface area contributed by atoms with Crippen molar-refractivity contribution in [3.63, 3.8) is 0 Å². The van der Waals surface area contributed by atoms with E-state index < -0.39 is 5.97 Å². The smallest absolute Gasteiger partial charge is 0.335 e. The zero-order valence-corrected chi connectivity index (χ0v) is 11.9. The maximum Gasteiger partial charge on any atom is 0.335 e. The van der Waals surface area contributed by atoms with Crippen LogP contribution in [0.15, 0.2) is 35.7 Å². The number of rotatable bonds is 5. The fourth-order valence-corrected chi connectivity index (χ4v) is 2.61. The number of hydrogen-bond donors (Lipinski definition) is 2. The lowest BCUT2D eigenvalue weighted by atomic mass is 10.0. The van der Waals surface area contributed by atoms with E-state index in [-0.39, 0.29) is 11.5 Å². The normalized spacial score (nSPS) is 10.2. The van der Waals surface area contributed by atoms with Crippen LogP contribution in [-0.2, 0) is 6.42 Å². The number of benzene rings is 1. The number of hydrogen-bond acceptors (Lipinski definition) is 3. The van der Waals surface area contributed by atoms with E-state index in [1.54, 1.807) is 24.3 Å². The molecule has 0 spiro atoms. The number of carboxylic acid groups (broad SMARTS) is 1. The predicted molar refractivity (Wildman–Crippen MR) is 78.5 cm³/mol. The summed E-state index contributed by atoms with van der Waals surface area (Å²) in [6.45, 7) is 2.25. The minimum atomic E-state index is -0.979. The number of carboxylic acids is 1. The highest BCUT2D eigenvalue weighted by Gasteiger charge is 2.11. The molecule has 0 radical (unpaired) electrons. The van der Waals surface area contributed by atoms with Gasteiger partial charge in [-0.3, -0.25) is 4.79 Å². The van der Waals surface area contributed by atoms with Gasteiger partial charge in [0.25, 0.3) is 5.91 Å². The van der Waals surface area contributed by atoms with Gasteiger partial charge < -0.3 is 10.4 Å². The quantitative estimate of drug-likeness (QED) is 0.889. The largest absolute Gasteiger partial charge is 0.478 e. The fourth-order valence-electron chi connectivity index (χ4n) is 1.90. The Labute approximate surface area is 121 Å². The van der Waals surface area contributed by atoms with E-state index >= 15 is 0 Å². The summed E-state index contributed by atoms with van der Waals surface area (Å²) in [7, 11) is 0. The van der Waals surface area contributed by atoms with E-state index in [9.17, 15) is 9.59 Å². The van der Waals surface area contributed by atoms with E-state index in [2.05, 4.69) is 5.32 Å². The van der Waals surface area contributed by atoms with Crippen LogP contribution in [0.2, 0.25) is 0 Å². The second-order valence-corrected chi connectivity index (χ2v) is 5.45. The van der Waals surface area contributed by atoms with Crippen LogP contribution in [-0.4, -0.2) is 23.5 Å². The third-order valence-corrected chi connectivity index (χ3v) is 3.89. The number of carbonyl (C=O) groups is 2. The molecule has 0 unspecified atom stereocenters. The van der Waals surface area contributed by atoms with Crippen LogP contribution in [0.5, 0.6) is 0 Å². The van der Waals surface area contributed by atoms with Crippen LogP contribution >= 0.6 is 11.3 Å². The first-order chi connectivity index (χ1) is 9.58. The number of carbonyl (C=O) groups excluding carboxylic acids is 1. The van der Waals surface area contributed by atoms with Crippen molar-refractivity contribution >= 4 is 23.2 Å². The second-order valence-electron chi connectivity index (χ2n) is 4.42. The molecule has 0 aliphatic carbocycles. The monoisotopic (exact) mass is 289 g/mol. The third kappa shape index (κ3) is 3.45. The van der Waals surface area contributed by atoms with Gasteiger partial charge in [-0.1, -0.05) is 6.07 Å². The molecule has 0 aliphatic rings. The lowest BCUT2D eigenvalue weighted by Gasteiger charge is -2.07. The van der Waals surface area contributed by atoms with Crippen LogP contribution in [0.3, 0.4) is 0 Å². The first-order valence-electron chi connectivity index (χ1n) is 6.22. The van der Waals surface area contributed by atoms with Crippen molar-refractivity contribution in [1.82, 2.24) is 5.32 Å². The molecule has 0 bridgehead atoms. The summed E-state index contributed by atoms with van der Waals surface area (Å²) in [5, 5.41) is 13.8. The minimum Gasteiger partial charge on any atom is -0.478 e. The molecule has 2 rings (SSSR count). The highest BCUT2D eigenvalue weighted by Crippen LogP contribution is 2.12. The van der Waals surface area contributed by atoms with Gasteiger partial charge in [-0.05, 0) is 48.6 Å². The van der Waals surface area contributed by atoms with Gasteiger partial charge in [0, 0.05) is 17.0 Å². The van der Waals surface area contributed by atoms with Gasteiger partial charge in [-0.15, -0.1) is 11.3 Å². The van der Waals surface area contributed by atoms with Crippen molar-refractivity contribution in [2.24, 2.45) is 0 Å². The fraction of sp³-hybridized carbons (Fsp3) is 0.200. The summed E-state index contributed by atoms with van der Waals surface area (Å²) >= 11 is 1.66. The molecular formula is C15H15NO3S. The molecule has 0 saturated heterocycles. The van der Waals surface area contributed by atoms with Gasteiger partial charge >= 0.3 is 5.97 Å². The first kappa shape index (κ1) is 14.3. The van der Waals surface area contributed by atoms with Crippen molar-refractivity contribution in [1.29, 1.82) is 0 Å². The van der Waals surface area contributed by atoms with E-state index in [4.69, 9.17) is 5.11 Å². The van der Waals surface area contributed by atoms with Gasteiger partial charge in [-0.2, -0.15) is 0 Å². The summed E-state index contributed by atoms with van der Waals surface area (Å²) in [6.07, 6.45) is 0.801. The summed E-state index contributed by atoms with van der Waals surface area (Å²) in [6, 6.07) is 8.62. The summed E-state index contributed by atoms with van der Waals surface area (Å²) in [5.41, 5.74) is 1.29. The number of amides is 1. The molecule has 1 aromatic heterocycles. The van der Waals surface area contributed by atoms with Gasteiger partial charge in [0.05, 0.1) is 5.56 Å². The predicted octanol–water partition coefficient (Wildman–Crippen LogP) is 2.73. The Kier molecular flexibility index (Phi) is 4.53. The Morgan fingerprint density at radius 1 is 1.30 bits per heavy atom. The van der Waals surface area contributed by atoms with Crippen molar-refractivity contribution in [3.8, 4) is 0 Å². The standard InChI is InChI=1S/C15H15NO3S/c1-10-9-11(4-5-13(10)15(18)19)14(17)16-7-6-12-3-2-8-20-12/h2-5,8-9H,6-7H2,1H3,(H,16,17)(H,18,19). The van der Waals surface area contributed by atoms with Crippen LogP contribution in [0.1, 0.15) is 31.2 Å². The summed E-state index contributed by atoms with van der Waals surface area (Å²) < 4.78 is 0. The molecule has 2 aromatic rings. The molecule has 20 heavy (non-hydrogen) atoms. The van der Waals surface area contributed by atoms with Crippen LogP contribution < -0.4 is 5.32 Å². The van der Waals surface area contributed by atoms with Crippen LogP contribution in [0, 0.1) is 6.92 Å². The van der Waals surface area contributed by atoms with Crippen molar-refractivity contribution in [3.05, 3.63) is 57.3 Å². The number of thiophene rings is 1. The third-order valence-electron chi connectivity index (χ3n) is 2.96. The Bertz CT molecular complexity index is 620. The maximum atomic E-state index is 12.0. The van der Waals surface area contributed by atoms with Crippen LogP contribution in [0.25, 0.3) is 0 Å². The number of nitrogens with one attached hydrogen (secondary N) is 1. The molecule has 104 valence electrons. The van der Waals surface area contributed by atoms with Crippen molar-refractivity contribution in [2.45, 2.75) is 13.3 Å². The van der Waals surface area contributed by atoms with E-state index in [0.717, 1.165) is 6.42 Å². The van der Waals surface area contributed by atoms with Gasteiger partial charge in [-0.25, -0.2) is 4.79 Å². The topological polar surface area (TPSA) is 66.4 Å². The number of aromatic carboxylic acids is 1. The Morgan fingerprint density at radius 2 is 2.10 bits per heavy atom. The molecule has 1 aromatic carbocycles. The van der Waals surface area contributed by atoms with Gasteiger partial charge in [0.15, 0.2) is 0 Å². The molecule has 5 heteroatoms. The van der Waals surface area contributed by atoms with Crippen LogP contribution in [0.4, 0.5) is 0 Å². The van der Waals surface area contributed by atoms with E-state index in [1.165, 1.54) is 17.0 Å². The lowest BCUT2D eigenvalue weighted by Crippen LogP contribution is -2.25. The Balaban J connectivity index is 1.95. The minimum absolute atomic E-state index is 0.179. The molecule has 0 atom stereocenters. The van der Waals surface area contributed by atoms with Gasteiger partial charge in [0.1, 0.15) is 0 Å². The second kappa shape index (κ2) is 6.34. The maximum absolute atomic E-state index is 12.0. The molecule has 0 aliphatic heterocycles. The first-order valence-corrected chi connectivity index (χ1v) is 7.10. The summed E-state index contributed by atoms with van der Waals surface area (Å²) in [4.78, 5) is 24.1. The molecule has 4 nitrogen and oxygen atoms in total. The SMILES string of the molecule is Cc1cc(C(=O)NCCc2cccs2)ccc1C(=O)O. The average molecular weight is 289 g/mol. The van der Waals surface area contributed by atoms with Gasteiger partial charge in [0.2, 0.25) is 0 Å². The molecule has 1 heterocycles. The molecule has 2 N–H and O–H groups in total. The summed E-state index contributed by atoms with van der Waals surface area (Å²) in [5.74, 6) is -1.16. The van der Waals surface area contributed by atoms with Crippen molar-refractivity contribution < 1.29 is 14.7 Å². The zero-order valence-electron chi connectivity index (χ0n) is 11.1. The highest BCUT2D eigenvalue weighted by atomic mass is 32.1. The lowest BCUT2D eigenvalue weighted by molar-refractivity contribution is 0.0695. The molecular weight excluding hydrogens is 274 g/mol. The van der Waals surface area contributed by atoms with E-state index in [0.29, 0.717) is 17.7 Å². The molecule has 0 fully saturated rings. The van der Waals surface area contributed by atoms with Crippen molar-refractivity contribution in [2.75, 3.05) is 6.54 Å². The number of aryl methyl sites for hydroxylation is 1. The Morgan fingerprint density at radius 3 is 2.70 bits per heavy atom.